The number of aliphatic carboxylic acids is 1. The number of anilines is 1. The van der Waals surface area contributed by atoms with E-state index in [4.69, 9.17) is 5.11 Å². The fourth-order valence-electron chi connectivity index (χ4n) is 2.19. The van der Waals surface area contributed by atoms with E-state index in [0.717, 1.165) is 0 Å². The highest BCUT2D eigenvalue weighted by atomic mass is 16.4. The van der Waals surface area contributed by atoms with E-state index >= 15 is 0 Å². The van der Waals surface area contributed by atoms with Crippen LogP contribution >= 0.6 is 0 Å². The summed E-state index contributed by atoms with van der Waals surface area (Å²) in [5, 5.41) is 35.0. The van der Waals surface area contributed by atoms with Crippen LogP contribution < -0.4 is 5.32 Å². The minimum absolute atomic E-state index is 0.0209. The van der Waals surface area contributed by atoms with Crippen molar-refractivity contribution in [3.8, 4) is 11.5 Å². The van der Waals surface area contributed by atoms with Gasteiger partial charge in [0, 0.05) is 0 Å². The second-order valence-corrected chi connectivity index (χ2v) is 4.63. The normalized spacial score (nSPS) is 16.8. The van der Waals surface area contributed by atoms with Gasteiger partial charge in [-0.05, 0) is 30.7 Å². The number of nitrogens with one attached hydrogen (secondary N) is 1. The predicted octanol–water partition coefficient (Wildman–Crippen LogP) is 0.981. The molecule has 3 rings (SSSR count). The van der Waals surface area contributed by atoms with Crippen molar-refractivity contribution in [2.24, 2.45) is 0 Å². The molecule has 21 heavy (non-hydrogen) atoms. The zero-order valence-electron chi connectivity index (χ0n) is 11.0. The number of benzene rings is 1. The van der Waals surface area contributed by atoms with Gasteiger partial charge in [0.1, 0.15) is 17.6 Å². The van der Waals surface area contributed by atoms with Gasteiger partial charge >= 0.3 is 5.97 Å². The first kappa shape index (κ1) is 13.0. The summed E-state index contributed by atoms with van der Waals surface area (Å²) in [6.07, 6.45) is 1.47. The summed E-state index contributed by atoms with van der Waals surface area (Å²) in [7, 11) is 0. The molecule has 0 saturated carbocycles. The molecule has 108 valence electrons. The average molecular weight is 288 g/mol. The summed E-state index contributed by atoms with van der Waals surface area (Å²) in [6, 6.07) is 3.74. The minimum Gasteiger partial charge on any atom is -0.504 e. The SMILES string of the molecule is Cc1nc2n(n1)C(c1ccc(O)c(O)c1)C=C(C(=O)O)N2. The van der Waals surface area contributed by atoms with Crippen LogP contribution in [0.3, 0.4) is 0 Å². The molecule has 0 spiro atoms. The van der Waals surface area contributed by atoms with Crippen molar-refractivity contribution >= 4 is 11.9 Å². The molecule has 0 saturated heterocycles. The Kier molecular flexibility index (Phi) is 2.79. The Labute approximate surface area is 119 Å². The van der Waals surface area contributed by atoms with Crippen molar-refractivity contribution in [3.05, 3.63) is 41.4 Å². The molecule has 1 aliphatic heterocycles. The van der Waals surface area contributed by atoms with Gasteiger partial charge in [-0.25, -0.2) is 9.48 Å². The molecule has 2 heterocycles. The first-order valence-corrected chi connectivity index (χ1v) is 6.13. The maximum atomic E-state index is 11.2. The van der Waals surface area contributed by atoms with Crippen LogP contribution in [0.5, 0.6) is 11.5 Å². The summed E-state index contributed by atoms with van der Waals surface area (Å²) >= 11 is 0. The third-order valence-corrected chi connectivity index (χ3v) is 3.14. The van der Waals surface area contributed by atoms with Crippen LogP contribution in [-0.2, 0) is 4.79 Å². The molecule has 1 unspecified atom stereocenters. The van der Waals surface area contributed by atoms with E-state index in [1.807, 2.05) is 0 Å². The smallest absolute Gasteiger partial charge is 0.352 e. The van der Waals surface area contributed by atoms with Crippen LogP contribution in [-0.4, -0.2) is 36.1 Å². The number of carboxylic acids is 1. The number of aromatic hydroxyl groups is 2. The lowest BCUT2D eigenvalue weighted by Gasteiger charge is -2.22. The summed E-state index contributed by atoms with van der Waals surface area (Å²) in [6.45, 7) is 1.69. The number of carboxylic acid groups (broad SMARTS) is 1. The Morgan fingerprint density at radius 1 is 1.33 bits per heavy atom. The molecule has 0 amide bonds. The quantitative estimate of drug-likeness (QED) is 0.608. The number of allylic oxidation sites excluding steroid dienone is 1. The van der Waals surface area contributed by atoms with E-state index in [2.05, 4.69) is 15.4 Å². The molecule has 4 N–H and O–H groups in total. The van der Waals surface area contributed by atoms with Gasteiger partial charge in [-0.15, -0.1) is 0 Å². The number of phenolic OH excluding ortho intramolecular Hbond substituents is 2. The Balaban J connectivity index is 2.14. The standard InChI is InChI=1S/C13H12N4O4/c1-6-14-13-15-8(12(20)21)5-9(17(13)16-6)7-2-3-10(18)11(19)4-7/h2-5,9,18-19H,1H3,(H,20,21)(H,14,15,16). The number of aromatic nitrogens is 3. The second-order valence-electron chi connectivity index (χ2n) is 4.63. The van der Waals surface area contributed by atoms with Crippen LogP contribution in [0.1, 0.15) is 17.4 Å². The monoisotopic (exact) mass is 288 g/mol. The Morgan fingerprint density at radius 2 is 2.10 bits per heavy atom. The van der Waals surface area contributed by atoms with E-state index in [1.54, 1.807) is 13.0 Å². The number of hydrogen-bond acceptors (Lipinski definition) is 6. The van der Waals surface area contributed by atoms with E-state index < -0.39 is 12.0 Å². The second kappa shape index (κ2) is 4.51. The fourth-order valence-corrected chi connectivity index (χ4v) is 2.19. The number of fused-ring (bicyclic) bond motifs is 1. The van der Waals surface area contributed by atoms with E-state index in [0.29, 0.717) is 17.3 Å². The number of nitrogens with zero attached hydrogens (tertiary/aromatic N) is 3. The van der Waals surface area contributed by atoms with Gasteiger partial charge in [0.25, 0.3) is 0 Å². The predicted molar refractivity (Wildman–Crippen MR) is 72.0 cm³/mol. The number of hydrogen-bond donors (Lipinski definition) is 4. The van der Waals surface area contributed by atoms with Crippen LogP contribution in [0.25, 0.3) is 0 Å². The number of rotatable bonds is 2. The zero-order chi connectivity index (χ0) is 15.1. The van der Waals surface area contributed by atoms with Crippen molar-refractivity contribution in [1.29, 1.82) is 0 Å². The number of aryl methyl sites for hydroxylation is 1. The molecule has 0 fully saturated rings. The first-order valence-electron chi connectivity index (χ1n) is 6.13. The molecule has 0 aliphatic carbocycles. The summed E-state index contributed by atoms with van der Waals surface area (Å²) < 4.78 is 1.52. The molecule has 2 aromatic rings. The van der Waals surface area contributed by atoms with Crippen molar-refractivity contribution in [1.82, 2.24) is 14.8 Å². The summed E-state index contributed by atoms with van der Waals surface area (Å²) in [4.78, 5) is 15.3. The van der Waals surface area contributed by atoms with Gasteiger partial charge < -0.3 is 20.6 Å². The topological polar surface area (TPSA) is 121 Å². The highest BCUT2D eigenvalue weighted by molar-refractivity contribution is 5.90. The van der Waals surface area contributed by atoms with Crippen LogP contribution in [0, 0.1) is 6.92 Å². The van der Waals surface area contributed by atoms with Gasteiger partial charge in [0.2, 0.25) is 5.95 Å². The third-order valence-electron chi connectivity index (χ3n) is 3.14. The number of carbonyl (C=O) groups is 1. The largest absolute Gasteiger partial charge is 0.504 e. The third kappa shape index (κ3) is 2.16. The van der Waals surface area contributed by atoms with Gasteiger partial charge in [0.05, 0.1) is 0 Å². The van der Waals surface area contributed by atoms with Crippen molar-refractivity contribution in [3.63, 3.8) is 0 Å². The molecule has 8 nitrogen and oxygen atoms in total. The molecule has 1 aliphatic rings. The van der Waals surface area contributed by atoms with Crippen LogP contribution in [0.4, 0.5) is 5.95 Å². The molecular formula is C13H12N4O4. The molecule has 1 atom stereocenters. The Hall–Kier alpha value is -3.03. The molecule has 8 heteroatoms. The van der Waals surface area contributed by atoms with Gasteiger partial charge in [0.15, 0.2) is 11.5 Å². The zero-order valence-corrected chi connectivity index (χ0v) is 11.0. The first-order chi connectivity index (χ1) is 9.95. The van der Waals surface area contributed by atoms with Crippen LogP contribution in [0.15, 0.2) is 30.0 Å². The van der Waals surface area contributed by atoms with Crippen LogP contribution in [0.2, 0.25) is 0 Å². The Bertz CT molecular complexity index is 766. The van der Waals surface area contributed by atoms with E-state index in [9.17, 15) is 15.0 Å². The van der Waals surface area contributed by atoms with E-state index in [1.165, 1.54) is 22.9 Å². The lowest BCUT2D eigenvalue weighted by molar-refractivity contribution is -0.132. The summed E-state index contributed by atoms with van der Waals surface area (Å²) in [5.74, 6) is -0.842. The van der Waals surface area contributed by atoms with Crippen molar-refractivity contribution in [2.75, 3.05) is 5.32 Å². The van der Waals surface area contributed by atoms with Gasteiger partial charge in [-0.3, -0.25) is 0 Å². The fraction of sp³-hybridized carbons (Fsp3) is 0.154. The van der Waals surface area contributed by atoms with Crippen molar-refractivity contribution < 1.29 is 20.1 Å². The van der Waals surface area contributed by atoms with Crippen molar-refractivity contribution in [2.45, 2.75) is 13.0 Å². The number of phenols is 2. The molecule has 1 aromatic heterocycles. The molecular weight excluding hydrogens is 276 g/mol. The highest BCUT2D eigenvalue weighted by Gasteiger charge is 2.26. The van der Waals surface area contributed by atoms with Gasteiger partial charge in [-0.2, -0.15) is 10.1 Å². The Morgan fingerprint density at radius 3 is 2.76 bits per heavy atom. The maximum absolute atomic E-state index is 11.2. The summed E-state index contributed by atoms with van der Waals surface area (Å²) in [5.41, 5.74) is 0.559. The lowest BCUT2D eigenvalue weighted by atomic mass is 10.0. The van der Waals surface area contributed by atoms with E-state index in [-0.39, 0.29) is 17.2 Å². The highest BCUT2D eigenvalue weighted by Crippen LogP contribution is 2.33. The van der Waals surface area contributed by atoms with Gasteiger partial charge in [-0.1, -0.05) is 6.07 Å². The molecule has 1 aromatic carbocycles. The molecule has 0 bridgehead atoms. The average Bonchev–Trinajstić information content (AvgIpc) is 2.80. The maximum Gasteiger partial charge on any atom is 0.352 e. The minimum atomic E-state index is -1.12. The lowest BCUT2D eigenvalue weighted by Crippen LogP contribution is -2.24. The molecule has 0 radical (unpaired) electrons.